The summed E-state index contributed by atoms with van der Waals surface area (Å²) in [6, 6.07) is 0. The summed E-state index contributed by atoms with van der Waals surface area (Å²) in [6.07, 6.45) is 4.24. The molecule has 1 fully saturated rings. The Hall–Kier alpha value is -1.77. The number of rotatable bonds is 9. The van der Waals surface area contributed by atoms with E-state index >= 15 is 0 Å². The highest BCUT2D eigenvalue weighted by molar-refractivity contribution is 7.92. The largest absolute Gasteiger partial charge is 0.356 e. The van der Waals surface area contributed by atoms with Gasteiger partial charge in [0.2, 0.25) is 10.0 Å². The SMILES string of the molecule is C=C/C(F)=C\c1onc(C2CCN(CCN(CC)S(=O)(=O)C(=C)C)CC2)c1C. The zero-order valence-electron chi connectivity index (χ0n) is 16.9. The molecule has 0 aliphatic carbocycles. The molecular formula is C20H30FN3O3S. The lowest BCUT2D eigenvalue weighted by molar-refractivity contribution is 0.197. The van der Waals surface area contributed by atoms with Crippen LogP contribution in [0, 0.1) is 6.92 Å². The maximum atomic E-state index is 13.4. The molecular weight excluding hydrogens is 381 g/mol. The summed E-state index contributed by atoms with van der Waals surface area (Å²) >= 11 is 0. The van der Waals surface area contributed by atoms with E-state index in [-0.39, 0.29) is 10.8 Å². The molecule has 156 valence electrons. The van der Waals surface area contributed by atoms with Crippen LogP contribution in [0.15, 0.2) is 34.5 Å². The van der Waals surface area contributed by atoms with Crippen molar-refractivity contribution in [2.24, 2.45) is 0 Å². The maximum absolute atomic E-state index is 13.4. The third-order valence-corrected chi connectivity index (χ3v) is 7.23. The zero-order valence-corrected chi connectivity index (χ0v) is 17.8. The van der Waals surface area contributed by atoms with Gasteiger partial charge >= 0.3 is 0 Å². The first-order valence-electron chi connectivity index (χ1n) is 9.54. The van der Waals surface area contributed by atoms with E-state index in [1.54, 1.807) is 0 Å². The predicted octanol–water partition coefficient (Wildman–Crippen LogP) is 3.84. The van der Waals surface area contributed by atoms with Crippen molar-refractivity contribution >= 4 is 16.1 Å². The first-order chi connectivity index (χ1) is 13.2. The van der Waals surface area contributed by atoms with Crippen molar-refractivity contribution in [2.45, 2.75) is 39.5 Å². The lowest BCUT2D eigenvalue weighted by Gasteiger charge is -2.32. The standard InChI is InChI=1S/C20H30FN3O3S/c1-6-18(21)14-19-16(5)20(22-27-19)17-8-10-23(11-9-17)12-13-24(7-2)28(25,26)15(3)4/h6,14,17H,1,3,7-13H2,2,4-5H3/b18-14+. The highest BCUT2D eigenvalue weighted by Crippen LogP contribution is 2.31. The quantitative estimate of drug-likeness (QED) is 0.578. The minimum Gasteiger partial charge on any atom is -0.356 e. The fourth-order valence-corrected chi connectivity index (χ4v) is 4.52. The second-order valence-electron chi connectivity index (χ2n) is 7.11. The molecule has 0 saturated carbocycles. The van der Waals surface area contributed by atoms with Crippen molar-refractivity contribution in [3.05, 3.63) is 47.0 Å². The zero-order chi connectivity index (χ0) is 20.9. The minimum atomic E-state index is -3.41. The number of nitrogens with zero attached hydrogens (tertiary/aromatic N) is 3. The van der Waals surface area contributed by atoms with Crippen LogP contribution >= 0.6 is 0 Å². The number of likely N-dealkylation sites (tertiary alicyclic amines) is 1. The van der Waals surface area contributed by atoms with E-state index in [1.807, 2.05) is 13.8 Å². The first-order valence-corrected chi connectivity index (χ1v) is 11.0. The highest BCUT2D eigenvalue weighted by atomic mass is 32.2. The molecule has 0 bridgehead atoms. The molecule has 0 spiro atoms. The molecule has 0 aromatic carbocycles. The summed E-state index contributed by atoms with van der Waals surface area (Å²) in [7, 11) is -3.41. The molecule has 2 heterocycles. The highest BCUT2D eigenvalue weighted by Gasteiger charge is 2.27. The molecule has 6 nitrogen and oxygen atoms in total. The predicted molar refractivity (Wildman–Crippen MR) is 110 cm³/mol. The Morgan fingerprint density at radius 1 is 1.43 bits per heavy atom. The van der Waals surface area contributed by atoms with E-state index in [2.05, 4.69) is 23.2 Å². The topological polar surface area (TPSA) is 66.7 Å². The van der Waals surface area contributed by atoms with Crippen LogP contribution in [0.4, 0.5) is 4.39 Å². The van der Waals surface area contributed by atoms with Gasteiger partial charge in [-0.15, -0.1) is 0 Å². The number of sulfonamides is 1. The molecule has 0 unspecified atom stereocenters. The van der Waals surface area contributed by atoms with E-state index in [9.17, 15) is 12.8 Å². The normalized spacial score (nSPS) is 17.2. The van der Waals surface area contributed by atoms with Gasteiger partial charge in [-0.2, -0.15) is 4.31 Å². The van der Waals surface area contributed by atoms with Gasteiger partial charge in [-0.05, 0) is 45.9 Å². The Morgan fingerprint density at radius 3 is 2.61 bits per heavy atom. The third kappa shape index (κ3) is 5.18. The fourth-order valence-electron chi connectivity index (χ4n) is 3.41. The monoisotopic (exact) mass is 411 g/mol. The summed E-state index contributed by atoms with van der Waals surface area (Å²) in [5.41, 5.74) is 1.74. The molecule has 1 aliphatic heterocycles. The number of halogens is 1. The van der Waals surface area contributed by atoms with Gasteiger partial charge < -0.3 is 9.42 Å². The van der Waals surface area contributed by atoms with Crippen molar-refractivity contribution in [2.75, 3.05) is 32.7 Å². The Labute approximate surface area is 167 Å². The Balaban J connectivity index is 1.93. The van der Waals surface area contributed by atoms with Crippen molar-refractivity contribution in [3.8, 4) is 0 Å². The average Bonchev–Trinajstić information content (AvgIpc) is 3.02. The molecule has 2 rings (SSSR count). The van der Waals surface area contributed by atoms with Gasteiger partial charge in [-0.3, -0.25) is 0 Å². The van der Waals surface area contributed by atoms with Crippen LogP contribution in [0.2, 0.25) is 0 Å². The van der Waals surface area contributed by atoms with Gasteiger partial charge in [0.1, 0.15) is 5.83 Å². The summed E-state index contributed by atoms with van der Waals surface area (Å²) in [4.78, 5) is 2.44. The molecule has 8 heteroatoms. The van der Waals surface area contributed by atoms with Crippen molar-refractivity contribution in [1.29, 1.82) is 0 Å². The lowest BCUT2D eigenvalue weighted by Crippen LogP contribution is -2.41. The molecule has 0 N–H and O–H groups in total. The number of hydrogen-bond acceptors (Lipinski definition) is 5. The summed E-state index contributed by atoms with van der Waals surface area (Å²) in [5.74, 6) is 0.236. The number of likely N-dealkylation sites (N-methyl/N-ethyl adjacent to an activating group) is 1. The van der Waals surface area contributed by atoms with Crippen LogP contribution in [0.1, 0.15) is 49.6 Å². The van der Waals surface area contributed by atoms with Crippen LogP contribution < -0.4 is 0 Å². The Bertz CT molecular complexity index is 837. The van der Waals surface area contributed by atoms with Gasteiger partial charge in [-0.25, -0.2) is 12.8 Å². The Kier molecular flexibility index (Phi) is 7.74. The Morgan fingerprint density at radius 2 is 2.07 bits per heavy atom. The number of piperidine rings is 1. The minimum absolute atomic E-state index is 0.173. The second-order valence-corrected chi connectivity index (χ2v) is 9.27. The van der Waals surface area contributed by atoms with E-state index in [4.69, 9.17) is 4.52 Å². The molecule has 1 saturated heterocycles. The second kappa shape index (κ2) is 9.62. The third-order valence-electron chi connectivity index (χ3n) is 5.23. The molecule has 0 amide bonds. The van der Waals surface area contributed by atoms with Crippen LogP contribution in [0.5, 0.6) is 0 Å². The number of aromatic nitrogens is 1. The molecule has 0 atom stereocenters. The van der Waals surface area contributed by atoms with E-state index < -0.39 is 15.9 Å². The molecule has 1 aliphatic rings. The smallest absolute Gasteiger partial charge is 0.238 e. The first kappa shape index (κ1) is 22.5. The van der Waals surface area contributed by atoms with E-state index in [0.29, 0.717) is 25.4 Å². The van der Waals surface area contributed by atoms with Gasteiger partial charge in [-0.1, -0.05) is 25.2 Å². The van der Waals surface area contributed by atoms with Crippen LogP contribution in [-0.2, 0) is 10.0 Å². The summed E-state index contributed by atoms with van der Waals surface area (Å²) in [5, 5.41) is 4.15. The van der Waals surface area contributed by atoms with Crippen LogP contribution in [-0.4, -0.2) is 55.5 Å². The molecule has 1 aromatic rings. The summed E-state index contributed by atoms with van der Waals surface area (Å²) in [6.45, 7) is 15.5. The number of allylic oxidation sites excluding steroid dienone is 3. The molecule has 1 aromatic heterocycles. The van der Waals surface area contributed by atoms with Gasteiger partial charge in [0.15, 0.2) is 5.76 Å². The van der Waals surface area contributed by atoms with Crippen LogP contribution in [0.3, 0.4) is 0 Å². The summed E-state index contributed by atoms with van der Waals surface area (Å²) < 4.78 is 44.7. The van der Waals surface area contributed by atoms with Crippen molar-refractivity contribution in [3.63, 3.8) is 0 Å². The average molecular weight is 412 g/mol. The maximum Gasteiger partial charge on any atom is 0.238 e. The lowest BCUT2D eigenvalue weighted by atomic mass is 9.91. The van der Waals surface area contributed by atoms with Crippen molar-refractivity contribution in [1.82, 2.24) is 14.4 Å². The fraction of sp³-hybridized carbons (Fsp3) is 0.550. The van der Waals surface area contributed by atoms with Gasteiger partial charge in [0.05, 0.1) is 5.69 Å². The van der Waals surface area contributed by atoms with Crippen LogP contribution in [0.25, 0.3) is 6.08 Å². The van der Waals surface area contributed by atoms with Gasteiger partial charge in [0.25, 0.3) is 0 Å². The molecule has 0 radical (unpaired) electrons. The van der Waals surface area contributed by atoms with Crippen molar-refractivity contribution < 1.29 is 17.3 Å². The van der Waals surface area contributed by atoms with Gasteiger partial charge in [0, 0.05) is 42.1 Å². The molecule has 28 heavy (non-hydrogen) atoms. The number of hydrogen-bond donors (Lipinski definition) is 0. The van der Waals surface area contributed by atoms with E-state index in [1.165, 1.54) is 17.3 Å². The van der Waals surface area contributed by atoms with E-state index in [0.717, 1.165) is 43.3 Å².